The molecule has 2 amide bonds. The molecule has 1 saturated heterocycles. The Kier molecular flexibility index (Phi) is 4.66. The molecule has 6 heteroatoms. The first-order chi connectivity index (χ1) is 13.0. The molecule has 1 fully saturated rings. The van der Waals surface area contributed by atoms with Crippen LogP contribution in [-0.2, 0) is 0 Å². The Morgan fingerprint density at radius 1 is 1.19 bits per heavy atom. The first kappa shape index (κ1) is 17.7. The van der Waals surface area contributed by atoms with Crippen LogP contribution >= 0.6 is 0 Å². The molecule has 27 heavy (non-hydrogen) atoms. The van der Waals surface area contributed by atoms with Gasteiger partial charge in [-0.05, 0) is 44.8 Å². The van der Waals surface area contributed by atoms with E-state index in [0.29, 0.717) is 24.5 Å². The largest absolute Gasteiger partial charge is 0.508 e. The number of nitrogens with zero attached hydrogens (tertiary/aromatic N) is 3. The lowest BCUT2D eigenvalue weighted by Gasteiger charge is -2.37. The molecular formula is C21H25N3O3. The highest BCUT2D eigenvalue weighted by Crippen LogP contribution is 2.46. The summed E-state index contributed by atoms with van der Waals surface area (Å²) >= 11 is 0. The topological polar surface area (TPSA) is 56.2 Å². The van der Waals surface area contributed by atoms with E-state index in [4.69, 9.17) is 4.74 Å². The smallest absolute Gasteiger partial charge is 0.325 e. The zero-order valence-corrected chi connectivity index (χ0v) is 15.7. The van der Waals surface area contributed by atoms with Gasteiger partial charge in [-0.1, -0.05) is 30.3 Å². The summed E-state index contributed by atoms with van der Waals surface area (Å²) in [5.41, 5.74) is 1.70. The van der Waals surface area contributed by atoms with E-state index in [2.05, 4.69) is 4.90 Å². The predicted molar refractivity (Wildman–Crippen MR) is 104 cm³/mol. The average molecular weight is 367 g/mol. The van der Waals surface area contributed by atoms with Gasteiger partial charge in [-0.15, -0.1) is 0 Å². The normalized spacial score (nSPS) is 21.2. The minimum Gasteiger partial charge on any atom is -0.508 e. The number of phenolic OH excluding ortho intramolecular Hbond substituents is 1. The maximum Gasteiger partial charge on any atom is 0.325 e. The van der Waals surface area contributed by atoms with Crippen LogP contribution in [-0.4, -0.2) is 60.7 Å². The molecule has 2 aromatic rings. The highest BCUT2D eigenvalue weighted by molar-refractivity contribution is 5.97. The van der Waals surface area contributed by atoms with Crippen LogP contribution in [0, 0.1) is 0 Å². The van der Waals surface area contributed by atoms with E-state index in [1.165, 1.54) is 0 Å². The summed E-state index contributed by atoms with van der Waals surface area (Å²) in [5, 5.41) is 9.93. The summed E-state index contributed by atoms with van der Waals surface area (Å²) in [7, 11) is 4.07. The minimum atomic E-state index is -0.231. The van der Waals surface area contributed by atoms with Crippen molar-refractivity contribution in [2.24, 2.45) is 0 Å². The van der Waals surface area contributed by atoms with Crippen LogP contribution in [0.2, 0.25) is 0 Å². The van der Waals surface area contributed by atoms with Crippen molar-refractivity contribution in [1.29, 1.82) is 0 Å². The van der Waals surface area contributed by atoms with Gasteiger partial charge in [-0.25, -0.2) is 4.79 Å². The number of phenols is 1. The van der Waals surface area contributed by atoms with Crippen LogP contribution in [0.25, 0.3) is 0 Å². The molecule has 2 aromatic carbocycles. The van der Waals surface area contributed by atoms with E-state index in [0.717, 1.165) is 18.5 Å². The van der Waals surface area contributed by atoms with E-state index in [9.17, 15) is 9.90 Å². The Labute approximate surface area is 159 Å². The van der Waals surface area contributed by atoms with Crippen LogP contribution in [0.4, 0.5) is 10.5 Å². The Morgan fingerprint density at radius 3 is 2.70 bits per heavy atom. The molecule has 6 nitrogen and oxygen atoms in total. The van der Waals surface area contributed by atoms with E-state index in [1.807, 2.05) is 49.3 Å². The molecule has 2 aliphatic rings. The number of urea groups is 1. The average Bonchev–Trinajstić information content (AvgIpc) is 2.98. The molecule has 0 aliphatic carbocycles. The van der Waals surface area contributed by atoms with Gasteiger partial charge < -0.3 is 19.6 Å². The van der Waals surface area contributed by atoms with Gasteiger partial charge in [-0.3, -0.25) is 4.90 Å². The van der Waals surface area contributed by atoms with Crippen LogP contribution in [0.1, 0.15) is 18.1 Å². The second kappa shape index (κ2) is 7.12. The fourth-order valence-electron chi connectivity index (χ4n) is 3.90. The monoisotopic (exact) mass is 367 g/mol. The number of aromatic hydroxyl groups is 1. The van der Waals surface area contributed by atoms with Crippen molar-refractivity contribution in [3.63, 3.8) is 0 Å². The highest BCUT2D eigenvalue weighted by atomic mass is 16.5. The number of rotatable bonds is 5. The number of carbonyl (C=O) groups excluding carboxylic acids is 1. The Balaban J connectivity index is 1.67. The van der Waals surface area contributed by atoms with Crippen molar-refractivity contribution in [2.45, 2.75) is 18.6 Å². The first-order valence-corrected chi connectivity index (χ1v) is 9.32. The van der Waals surface area contributed by atoms with Gasteiger partial charge in [0.2, 0.25) is 0 Å². The third kappa shape index (κ3) is 3.32. The molecule has 2 unspecified atom stereocenters. The summed E-state index contributed by atoms with van der Waals surface area (Å²) in [6, 6.07) is 14.8. The summed E-state index contributed by atoms with van der Waals surface area (Å²) < 4.78 is 6.29. The highest BCUT2D eigenvalue weighted by Gasteiger charge is 2.47. The molecule has 1 N–H and O–H groups in total. The van der Waals surface area contributed by atoms with Crippen molar-refractivity contribution in [3.8, 4) is 11.5 Å². The van der Waals surface area contributed by atoms with E-state index in [-0.39, 0.29) is 23.9 Å². The van der Waals surface area contributed by atoms with E-state index < -0.39 is 0 Å². The summed E-state index contributed by atoms with van der Waals surface area (Å²) in [6.07, 6.45) is 0.689. The van der Waals surface area contributed by atoms with Gasteiger partial charge in [0.25, 0.3) is 0 Å². The second-order valence-electron chi connectivity index (χ2n) is 7.42. The lowest BCUT2D eigenvalue weighted by Crippen LogP contribution is -2.43. The summed E-state index contributed by atoms with van der Waals surface area (Å²) in [5.74, 6) is 0.759. The number of hydrogen-bond donors (Lipinski definition) is 1. The maximum atomic E-state index is 13.2. The predicted octanol–water partition coefficient (Wildman–Crippen LogP) is 3.09. The van der Waals surface area contributed by atoms with Gasteiger partial charge in [-0.2, -0.15) is 0 Å². The maximum absolute atomic E-state index is 13.2. The van der Waals surface area contributed by atoms with Crippen molar-refractivity contribution >= 4 is 11.7 Å². The van der Waals surface area contributed by atoms with Crippen molar-refractivity contribution in [2.75, 3.05) is 38.6 Å². The van der Waals surface area contributed by atoms with Gasteiger partial charge in [0.05, 0.1) is 11.7 Å². The van der Waals surface area contributed by atoms with Crippen LogP contribution < -0.4 is 9.64 Å². The van der Waals surface area contributed by atoms with Crippen LogP contribution in [0.5, 0.6) is 11.5 Å². The quantitative estimate of drug-likeness (QED) is 0.882. The molecule has 0 saturated carbocycles. The number of benzene rings is 2. The second-order valence-corrected chi connectivity index (χ2v) is 7.42. The third-order valence-corrected chi connectivity index (χ3v) is 5.18. The molecule has 4 rings (SSSR count). The zero-order chi connectivity index (χ0) is 19.0. The fourth-order valence-corrected chi connectivity index (χ4v) is 3.90. The SMILES string of the molecule is CN(C)CCCN1CC2C(c3ccccc3)Oc3ccc(O)cc3N2C1=O. The number of fused-ring (bicyclic) bond motifs is 3. The van der Waals surface area contributed by atoms with Gasteiger partial charge in [0.15, 0.2) is 0 Å². The molecule has 142 valence electrons. The molecule has 2 atom stereocenters. The number of ether oxygens (including phenoxy) is 1. The molecule has 0 radical (unpaired) electrons. The Hall–Kier alpha value is -2.73. The Bertz CT molecular complexity index is 825. The lowest BCUT2D eigenvalue weighted by molar-refractivity contribution is 0.159. The fraction of sp³-hybridized carbons (Fsp3) is 0.381. The minimum absolute atomic E-state index is 0.0187. The van der Waals surface area contributed by atoms with Gasteiger partial charge >= 0.3 is 6.03 Å². The van der Waals surface area contributed by atoms with Crippen LogP contribution in [0.3, 0.4) is 0 Å². The number of amides is 2. The van der Waals surface area contributed by atoms with Crippen molar-refractivity contribution in [1.82, 2.24) is 9.80 Å². The number of anilines is 1. The lowest BCUT2D eigenvalue weighted by atomic mass is 9.99. The molecule has 0 bridgehead atoms. The van der Waals surface area contributed by atoms with Crippen molar-refractivity contribution < 1.29 is 14.6 Å². The van der Waals surface area contributed by atoms with Gasteiger partial charge in [0.1, 0.15) is 17.6 Å². The van der Waals surface area contributed by atoms with E-state index >= 15 is 0 Å². The molecular weight excluding hydrogens is 342 g/mol. The summed E-state index contributed by atoms with van der Waals surface area (Å²) in [4.78, 5) is 19.0. The first-order valence-electron chi connectivity index (χ1n) is 9.32. The van der Waals surface area contributed by atoms with Gasteiger partial charge in [0, 0.05) is 19.2 Å². The van der Waals surface area contributed by atoms with E-state index in [1.54, 1.807) is 23.1 Å². The van der Waals surface area contributed by atoms with Crippen molar-refractivity contribution in [3.05, 3.63) is 54.1 Å². The number of carbonyl (C=O) groups is 1. The van der Waals surface area contributed by atoms with Crippen LogP contribution in [0.15, 0.2) is 48.5 Å². The third-order valence-electron chi connectivity index (χ3n) is 5.18. The standard InChI is InChI=1S/C21H25N3O3/c1-22(2)11-6-12-23-14-18-20(15-7-4-3-5-8-15)27-19-10-9-16(25)13-17(19)24(18)21(23)26/h3-5,7-10,13,18,20,25H,6,11-12,14H2,1-2H3. The molecule has 0 aromatic heterocycles. The molecule has 0 spiro atoms. The summed E-state index contributed by atoms with van der Waals surface area (Å²) in [6.45, 7) is 2.25. The number of hydrogen-bond acceptors (Lipinski definition) is 4. The molecule has 2 aliphatic heterocycles. The zero-order valence-electron chi connectivity index (χ0n) is 15.7. The Morgan fingerprint density at radius 2 is 1.96 bits per heavy atom. The molecule has 2 heterocycles.